The number of nitro benzene ring substituents is 1. The Morgan fingerprint density at radius 1 is 1.21 bits per heavy atom. The van der Waals surface area contributed by atoms with Crippen LogP contribution in [-0.2, 0) is 11.3 Å². The first-order chi connectivity index (χ1) is 13.5. The molecule has 2 aromatic heterocycles. The maximum Gasteiger partial charge on any atom is 0.282 e. The standard InChI is InChI=1S/C16H13N5O5S2/c22-13(17-8-10-4-3-7-26-10)9-27-16-20-19-15(28-16)18-14(23)11-5-1-2-6-12(11)21(24)25/h1-7H,8-9H2,(H,17,22)(H,18,19,23). The summed E-state index contributed by atoms with van der Waals surface area (Å²) in [4.78, 5) is 34.5. The van der Waals surface area contributed by atoms with Gasteiger partial charge in [0.15, 0.2) is 4.34 Å². The van der Waals surface area contributed by atoms with Crippen molar-refractivity contribution in [1.82, 2.24) is 15.5 Å². The summed E-state index contributed by atoms with van der Waals surface area (Å²) >= 11 is 2.23. The number of carbonyl (C=O) groups is 2. The van der Waals surface area contributed by atoms with Crippen LogP contribution in [0.1, 0.15) is 16.1 Å². The summed E-state index contributed by atoms with van der Waals surface area (Å²) < 4.78 is 5.60. The van der Waals surface area contributed by atoms with Gasteiger partial charge in [-0.05, 0) is 18.2 Å². The number of furan rings is 1. The third kappa shape index (κ3) is 5.14. The highest BCUT2D eigenvalue weighted by Crippen LogP contribution is 2.26. The molecule has 28 heavy (non-hydrogen) atoms. The molecular formula is C16H13N5O5S2. The minimum atomic E-state index is -0.656. The van der Waals surface area contributed by atoms with E-state index in [0.717, 1.165) is 23.1 Å². The van der Waals surface area contributed by atoms with Crippen LogP contribution in [0.15, 0.2) is 51.4 Å². The second kappa shape index (κ2) is 9.10. The number of carbonyl (C=O) groups excluding carboxylic acids is 2. The minimum absolute atomic E-state index is 0.0748. The number of amides is 2. The quantitative estimate of drug-likeness (QED) is 0.246. The van der Waals surface area contributed by atoms with Gasteiger partial charge in [0.25, 0.3) is 11.6 Å². The number of para-hydroxylation sites is 1. The average Bonchev–Trinajstić information content (AvgIpc) is 3.36. The number of benzene rings is 1. The first-order valence-electron chi connectivity index (χ1n) is 7.83. The lowest BCUT2D eigenvalue weighted by Gasteiger charge is -2.02. The Labute approximate surface area is 166 Å². The molecule has 0 saturated heterocycles. The molecular weight excluding hydrogens is 406 g/mol. The van der Waals surface area contributed by atoms with Gasteiger partial charge in [0, 0.05) is 6.07 Å². The predicted molar refractivity (Wildman–Crippen MR) is 102 cm³/mol. The van der Waals surface area contributed by atoms with Crippen molar-refractivity contribution < 1.29 is 18.9 Å². The molecule has 2 amide bonds. The number of rotatable bonds is 8. The van der Waals surface area contributed by atoms with E-state index in [1.54, 1.807) is 12.1 Å². The summed E-state index contributed by atoms with van der Waals surface area (Å²) in [5.74, 6) is -0.0967. The van der Waals surface area contributed by atoms with Crippen molar-refractivity contribution >= 4 is 45.7 Å². The van der Waals surface area contributed by atoms with E-state index in [2.05, 4.69) is 20.8 Å². The van der Waals surface area contributed by atoms with E-state index in [1.165, 1.54) is 30.5 Å². The van der Waals surface area contributed by atoms with E-state index < -0.39 is 10.8 Å². The van der Waals surface area contributed by atoms with Crippen LogP contribution in [-0.4, -0.2) is 32.7 Å². The number of aromatic nitrogens is 2. The first-order valence-corrected chi connectivity index (χ1v) is 9.63. The second-order valence-electron chi connectivity index (χ2n) is 5.25. The summed E-state index contributed by atoms with van der Waals surface area (Å²) in [7, 11) is 0. The Balaban J connectivity index is 1.52. The molecule has 0 aliphatic heterocycles. The topological polar surface area (TPSA) is 140 Å². The molecule has 2 N–H and O–H groups in total. The number of nitro groups is 1. The fourth-order valence-electron chi connectivity index (χ4n) is 2.09. The molecule has 1 aromatic carbocycles. The van der Waals surface area contributed by atoms with Gasteiger partial charge in [0.2, 0.25) is 11.0 Å². The molecule has 0 spiro atoms. The molecule has 0 aliphatic rings. The van der Waals surface area contributed by atoms with Crippen LogP contribution in [0.3, 0.4) is 0 Å². The van der Waals surface area contributed by atoms with Crippen molar-refractivity contribution in [2.75, 3.05) is 11.1 Å². The summed E-state index contributed by atoms with van der Waals surface area (Å²) in [6, 6.07) is 9.10. The third-order valence-corrected chi connectivity index (χ3v) is 5.31. The maximum absolute atomic E-state index is 12.3. The Hall–Kier alpha value is -3.25. The lowest BCUT2D eigenvalue weighted by atomic mass is 10.1. The van der Waals surface area contributed by atoms with E-state index in [9.17, 15) is 19.7 Å². The van der Waals surface area contributed by atoms with E-state index in [-0.39, 0.29) is 28.0 Å². The summed E-state index contributed by atoms with van der Waals surface area (Å²) in [6.45, 7) is 0.291. The van der Waals surface area contributed by atoms with Crippen molar-refractivity contribution in [3.8, 4) is 0 Å². The molecule has 3 rings (SSSR count). The van der Waals surface area contributed by atoms with Gasteiger partial charge >= 0.3 is 0 Å². The Morgan fingerprint density at radius 2 is 2.04 bits per heavy atom. The molecule has 144 valence electrons. The van der Waals surface area contributed by atoms with Gasteiger partial charge in [-0.15, -0.1) is 10.2 Å². The number of nitrogens with one attached hydrogen (secondary N) is 2. The van der Waals surface area contributed by atoms with Crippen molar-refractivity contribution in [3.05, 3.63) is 64.1 Å². The van der Waals surface area contributed by atoms with E-state index >= 15 is 0 Å². The van der Waals surface area contributed by atoms with Crippen molar-refractivity contribution in [1.29, 1.82) is 0 Å². The largest absolute Gasteiger partial charge is 0.467 e. The molecule has 0 saturated carbocycles. The van der Waals surface area contributed by atoms with Crippen LogP contribution in [0.4, 0.5) is 10.8 Å². The zero-order valence-electron chi connectivity index (χ0n) is 14.2. The van der Waals surface area contributed by atoms with Gasteiger partial charge < -0.3 is 9.73 Å². The average molecular weight is 419 g/mol. The monoisotopic (exact) mass is 419 g/mol. The molecule has 2 heterocycles. The number of thioether (sulfide) groups is 1. The van der Waals surface area contributed by atoms with Crippen LogP contribution in [0.25, 0.3) is 0 Å². The molecule has 0 radical (unpaired) electrons. The van der Waals surface area contributed by atoms with E-state index in [1.807, 2.05) is 0 Å². The number of hydrogen-bond donors (Lipinski definition) is 2. The van der Waals surface area contributed by atoms with Crippen LogP contribution >= 0.6 is 23.1 Å². The fourth-order valence-corrected chi connectivity index (χ4v) is 3.66. The normalized spacial score (nSPS) is 10.4. The molecule has 10 nitrogen and oxygen atoms in total. The Kier molecular flexibility index (Phi) is 6.34. The minimum Gasteiger partial charge on any atom is -0.467 e. The first kappa shape index (κ1) is 19.5. The molecule has 0 bridgehead atoms. The van der Waals surface area contributed by atoms with Gasteiger partial charge in [-0.1, -0.05) is 35.2 Å². The highest BCUT2D eigenvalue weighted by Gasteiger charge is 2.20. The SMILES string of the molecule is O=C(CSc1nnc(NC(=O)c2ccccc2[N+](=O)[O-])s1)NCc1ccco1. The highest BCUT2D eigenvalue weighted by atomic mass is 32.2. The van der Waals surface area contributed by atoms with Crippen LogP contribution in [0.2, 0.25) is 0 Å². The summed E-state index contributed by atoms with van der Waals surface area (Å²) in [5, 5.41) is 24.1. The van der Waals surface area contributed by atoms with Crippen molar-refractivity contribution in [2.45, 2.75) is 10.9 Å². The van der Waals surface area contributed by atoms with Crippen LogP contribution in [0, 0.1) is 10.1 Å². The molecule has 3 aromatic rings. The van der Waals surface area contributed by atoms with Crippen LogP contribution < -0.4 is 10.6 Å². The fraction of sp³-hybridized carbons (Fsp3) is 0.125. The van der Waals surface area contributed by atoms with Gasteiger partial charge in [-0.2, -0.15) is 0 Å². The van der Waals surface area contributed by atoms with Gasteiger partial charge in [-0.3, -0.25) is 25.0 Å². The van der Waals surface area contributed by atoms with Crippen molar-refractivity contribution in [3.63, 3.8) is 0 Å². The molecule has 0 unspecified atom stereocenters. The van der Waals surface area contributed by atoms with Gasteiger partial charge in [0.1, 0.15) is 11.3 Å². The summed E-state index contributed by atoms with van der Waals surface area (Å²) in [5.41, 5.74) is -0.374. The highest BCUT2D eigenvalue weighted by molar-refractivity contribution is 8.01. The van der Waals surface area contributed by atoms with Gasteiger partial charge in [-0.25, -0.2) is 0 Å². The summed E-state index contributed by atoms with van der Waals surface area (Å²) in [6.07, 6.45) is 1.53. The lowest BCUT2D eigenvalue weighted by Crippen LogP contribution is -2.24. The number of nitrogens with zero attached hydrogens (tertiary/aromatic N) is 3. The molecule has 12 heteroatoms. The van der Waals surface area contributed by atoms with Gasteiger partial charge in [0.05, 0.1) is 23.5 Å². The molecule has 0 aliphatic carbocycles. The zero-order chi connectivity index (χ0) is 19.9. The van der Waals surface area contributed by atoms with Crippen LogP contribution in [0.5, 0.6) is 0 Å². The predicted octanol–water partition coefficient (Wildman–Crippen LogP) is 2.70. The second-order valence-corrected chi connectivity index (χ2v) is 7.45. The number of anilines is 1. The maximum atomic E-state index is 12.3. The van der Waals surface area contributed by atoms with E-state index in [0.29, 0.717) is 16.6 Å². The number of hydrogen-bond acceptors (Lipinski definition) is 9. The smallest absolute Gasteiger partial charge is 0.282 e. The van der Waals surface area contributed by atoms with E-state index in [4.69, 9.17) is 4.42 Å². The Bertz CT molecular complexity index is 989. The molecule has 0 atom stereocenters. The Morgan fingerprint density at radius 3 is 2.79 bits per heavy atom. The lowest BCUT2D eigenvalue weighted by molar-refractivity contribution is -0.385. The molecule has 0 fully saturated rings. The zero-order valence-corrected chi connectivity index (χ0v) is 15.8. The third-order valence-electron chi connectivity index (χ3n) is 3.34. The van der Waals surface area contributed by atoms with Crippen molar-refractivity contribution in [2.24, 2.45) is 0 Å².